The van der Waals surface area contributed by atoms with E-state index >= 15 is 0 Å². The first-order valence-corrected chi connectivity index (χ1v) is 12.9. The topological polar surface area (TPSA) is 143 Å². The van der Waals surface area contributed by atoms with Gasteiger partial charge in [0.15, 0.2) is 5.16 Å². The molecule has 0 saturated heterocycles. The van der Waals surface area contributed by atoms with Crippen LogP contribution in [0.4, 0.5) is 0 Å². The Kier molecular flexibility index (Phi) is 5.71. The lowest BCUT2D eigenvalue weighted by atomic mass is 10.1. The van der Waals surface area contributed by atoms with Gasteiger partial charge in [-0.25, -0.2) is 18.5 Å². The van der Waals surface area contributed by atoms with E-state index in [1.54, 1.807) is 13.0 Å². The molecule has 10 nitrogen and oxygen atoms in total. The number of hydrogen-bond acceptors (Lipinski definition) is 9. The molecular weight excluding hydrogens is 476 g/mol. The summed E-state index contributed by atoms with van der Waals surface area (Å²) in [6.07, 6.45) is 0. The van der Waals surface area contributed by atoms with Gasteiger partial charge in [-0.15, -0.1) is 10.2 Å². The monoisotopic (exact) mass is 496 g/mol. The van der Waals surface area contributed by atoms with Gasteiger partial charge >= 0.3 is 0 Å². The summed E-state index contributed by atoms with van der Waals surface area (Å²) in [6.45, 7) is 4.44. The van der Waals surface area contributed by atoms with Crippen molar-refractivity contribution in [1.29, 1.82) is 0 Å². The molecule has 12 heteroatoms. The minimum absolute atomic E-state index is 0.0251. The number of imidazole rings is 1. The zero-order chi connectivity index (χ0) is 23.9. The molecule has 5 rings (SSSR count). The van der Waals surface area contributed by atoms with Crippen LogP contribution in [0, 0.1) is 6.92 Å². The molecule has 0 spiro atoms. The van der Waals surface area contributed by atoms with Crippen molar-refractivity contribution in [3.05, 3.63) is 60.2 Å². The fourth-order valence-corrected chi connectivity index (χ4v) is 5.09. The minimum atomic E-state index is -3.81. The molecule has 34 heavy (non-hydrogen) atoms. The average molecular weight is 497 g/mol. The van der Waals surface area contributed by atoms with E-state index in [1.807, 2.05) is 41.8 Å². The Morgan fingerprint density at radius 1 is 1.12 bits per heavy atom. The van der Waals surface area contributed by atoms with E-state index in [1.165, 1.54) is 23.9 Å². The smallest absolute Gasteiger partial charge is 0.253 e. The van der Waals surface area contributed by atoms with E-state index in [2.05, 4.69) is 20.3 Å². The zero-order valence-corrected chi connectivity index (χ0v) is 19.9. The standard InChI is InChI=1S/C22H20N6O4S2/c1-3-28-17-10-9-15(34(23,29)30)11-16(17)24-22(28)33-12-18-25-26-21(31-18)19-13(2)32-27-20(19)14-7-5-4-6-8-14/h4-11H,3,12H2,1-2H3,(H2,23,29,30). The van der Waals surface area contributed by atoms with Crippen molar-refractivity contribution < 1.29 is 17.4 Å². The lowest BCUT2D eigenvalue weighted by molar-refractivity contribution is 0.399. The lowest BCUT2D eigenvalue weighted by Gasteiger charge is -2.04. The van der Waals surface area contributed by atoms with Crippen LogP contribution in [0.1, 0.15) is 18.6 Å². The maximum absolute atomic E-state index is 11.7. The van der Waals surface area contributed by atoms with Gasteiger partial charge < -0.3 is 13.5 Å². The Bertz CT molecular complexity index is 1590. The molecule has 3 heterocycles. The number of aryl methyl sites for hydroxylation is 2. The van der Waals surface area contributed by atoms with Gasteiger partial charge in [-0.1, -0.05) is 47.3 Å². The molecule has 2 aromatic carbocycles. The largest absolute Gasteiger partial charge is 0.420 e. The summed E-state index contributed by atoms with van der Waals surface area (Å²) in [5.41, 5.74) is 3.55. The van der Waals surface area contributed by atoms with Crippen LogP contribution in [0.25, 0.3) is 33.7 Å². The van der Waals surface area contributed by atoms with Gasteiger partial charge in [-0.05, 0) is 32.0 Å². The van der Waals surface area contributed by atoms with Gasteiger partial charge in [-0.3, -0.25) is 0 Å². The third-order valence-corrected chi connectivity index (χ3v) is 7.12. The van der Waals surface area contributed by atoms with Crippen molar-refractivity contribution in [2.75, 3.05) is 0 Å². The number of nitrogens with zero attached hydrogens (tertiary/aromatic N) is 5. The highest BCUT2D eigenvalue weighted by molar-refractivity contribution is 7.98. The molecule has 0 aliphatic rings. The molecule has 0 aliphatic heterocycles. The summed E-state index contributed by atoms with van der Waals surface area (Å²) in [7, 11) is -3.81. The van der Waals surface area contributed by atoms with Crippen LogP contribution < -0.4 is 5.14 Å². The number of rotatable bonds is 7. The van der Waals surface area contributed by atoms with Crippen LogP contribution in [0.15, 0.2) is 67.5 Å². The average Bonchev–Trinajstić information content (AvgIpc) is 3.53. The van der Waals surface area contributed by atoms with Crippen molar-refractivity contribution in [2.24, 2.45) is 5.14 Å². The SMILES string of the molecule is CCn1c(SCc2nnc(-c3c(-c4ccccc4)noc3C)o2)nc2cc(S(N)(=O)=O)ccc21. The summed E-state index contributed by atoms with van der Waals surface area (Å²) in [5.74, 6) is 1.71. The van der Waals surface area contributed by atoms with Crippen LogP contribution >= 0.6 is 11.8 Å². The Balaban J connectivity index is 1.41. The number of benzene rings is 2. The number of aromatic nitrogens is 5. The maximum Gasteiger partial charge on any atom is 0.253 e. The van der Waals surface area contributed by atoms with Crippen molar-refractivity contribution in [1.82, 2.24) is 24.9 Å². The Hall–Kier alpha value is -3.48. The summed E-state index contributed by atoms with van der Waals surface area (Å²) in [5, 5.41) is 18.5. The number of primary sulfonamides is 1. The third kappa shape index (κ3) is 4.11. The first-order chi connectivity index (χ1) is 16.3. The number of fused-ring (bicyclic) bond motifs is 1. The van der Waals surface area contributed by atoms with E-state index in [0.717, 1.165) is 11.1 Å². The third-order valence-electron chi connectivity index (χ3n) is 5.24. The molecule has 3 aromatic heterocycles. The first-order valence-electron chi connectivity index (χ1n) is 10.4. The highest BCUT2D eigenvalue weighted by Gasteiger charge is 2.22. The molecule has 5 aromatic rings. The fraction of sp³-hybridized carbons (Fsp3) is 0.182. The lowest BCUT2D eigenvalue weighted by Crippen LogP contribution is -2.11. The highest BCUT2D eigenvalue weighted by atomic mass is 32.2. The number of hydrogen-bond donors (Lipinski definition) is 1. The zero-order valence-electron chi connectivity index (χ0n) is 18.3. The van der Waals surface area contributed by atoms with Crippen LogP contribution in [-0.2, 0) is 22.3 Å². The Morgan fingerprint density at radius 3 is 2.65 bits per heavy atom. The maximum atomic E-state index is 11.7. The minimum Gasteiger partial charge on any atom is -0.420 e. The van der Waals surface area contributed by atoms with E-state index in [0.29, 0.717) is 51.8 Å². The molecule has 0 atom stereocenters. The van der Waals surface area contributed by atoms with Gasteiger partial charge in [0.2, 0.25) is 15.9 Å². The molecule has 0 aliphatic carbocycles. The highest BCUT2D eigenvalue weighted by Crippen LogP contribution is 2.34. The Labute approximate surface area is 199 Å². The predicted molar refractivity (Wildman–Crippen MR) is 126 cm³/mol. The number of thioether (sulfide) groups is 1. The molecule has 174 valence electrons. The van der Waals surface area contributed by atoms with Gasteiger partial charge in [0.25, 0.3) is 5.89 Å². The van der Waals surface area contributed by atoms with Gasteiger partial charge in [0.1, 0.15) is 17.0 Å². The second kappa shape index (κ2) is 8.70. The molecule has 0 saturated carbocycles. The van der Waals surface area contributed by atoms with Gasteiger partial charge in [-0.2, -0.15) is 0 Å². The summed E-state index contributed by atoms with van der Waals surface area (Å²) < 4.78 is 36.7. The van der Waals surface area contributed by atoms with E-state index in [-0.39, 0.29) is 4.90 Å². The van der Waals surface area contributed by atoms with Gasteiger partial charge in [0.05, 0.1) is 21.7 Å². The number of nitrogens with two attached hydrogens (primary N) is 1. The quantitative estimate of drug-likeness (QED) is 0.331. The molecule has 0 amide bonds. The summed E-state index contributed by atoms with van der Waals surface area (Å²) >= 11 is 1.42. The normalized spacial score (nSPS) is 12.0. The fourth-order valence-electron chi connectivity index (χ4n) is 3.64. The van der Waals surface area contributed by atoms with Crippen molar-refractivity contribution in [3.8, 4) is 22.7 Å². The van der Waals surface area contributed by atoms with Crippen LogP contribution in [0.2, 0.25) is 0 Å². The van der Waals surface area contributed by atoms with Crippen LogP contribution in [0.5, 0.6) is 0 Å². The van der Waals surface area contributed by atoms with Crippen molar-refractivity contribution >= 4 is 32.8 Å². The predicted octanol–water partition coefficient (Wildman–Crippen LogP) is 4.01. The first kappa shape index (κ1) is 22.3. The van der Waals surface area contributed by atoms with E-state index in [9.17, 15) is 8.42 Å². The van der Waals surface area contributed by atoms with E-state index in [4.69, 9.17) is 14.1 Å². The van der Waals surface area contributed by atoms with Crippen molar-refractivity contribution in [3.63, 3.8) is 0 Å². The number of sulfonamides is 1. The summed E-state index contributed by atoms with van der Waals surface area (Å²) in [4.78, 5) is 4.61. The van der Waals surface area contributed by atoms with Crippen molar-refractivity contribution in [2.45, 2.75) is 36.2 Å². The molecular formula is C22H20N6O4S2. The molecule has 0 unspecified atom stereocenters. The molecule has 0 radical (unpaired) electrons. The second-order valence-corrected chi connectivity index (χ2v) is 9.96. The molecule has 0 fully saturated rings. The Morgan fingerprint density at radius 2 is 1.91 bits per heavy atom. The van der Waals surface area contributed by atoms with Crippen LogP contribution in [-0.4, -0.2) is 33.3 Å². The summed E-state index contributed by atoms with van der Waals surface area (Å²) in [6, 6.07) is 14.3. The van der Waals surface area contributed by atoms with Gasteiger partial charge in [0, 0.05) is 12.1 Å². The molecule has 2 N–H and O–H groups in total. The second-order valence-electron chi connectivity index (χ2n) is 7.45. The van der Waals surface area contributed by atoms with E-state index < -0.39 is 10.0 Å². The van der Waals surface area contributed by atoms with Crippen LogP contribution in [0.3, 0.4) is 0 Å². The molecule has 0 bridgehead atoms.